The molecule has 0 unspecified atom stereocenters. The minimum atomic E-state index is -3.71. The van der Waals surface area contributed by atoms with Crippen LogP contribution in [-0.2, 0) is 16.6 Å². The molecule has 174 valence electrons. The number of piperidine rings is 1. The second-order valence-electron chi connectivity index (χ2n) is 7.92. The van der Waals surface area contributed by atoms with Crippen molar-refractivity contribution >= 4 is 15.9 Å². The Bertz CT molecular complexity index is 1030. The van der Waals surface area contributed by atoms with Crippen LogP contribution in [0.25, 0.3) is 0 Å². The van der Waals surface area contributed by atoms with Crippen molar-refractivity contribution < 1.29 is 22.0 Å². The van der Waals surface area contributed by atoms with E-state index in [0.717, 1.165) is 6.07 Å². The number of hydrogen-bond acceptors (Lipinski definition) is 4. The van der Waals surface area contributed by atoms with Crippen molar-refractivity contribution in [2.75, 3.05) is 26.2 Å². The molecule has 6 nitrogen and oxygen atoms in total. The zero-order valence-electron chi connectivity index (χ0n) is 18.4. The van der Waals surface area contributed by atoms with Gasteiger partial charge in [-0.15, -0.1) is 0 Å². The molecular weight excluding hydrogens is 436 g/mol. The Morgan fingerprint density at radius 1 is 1.03 bits per heavy atom. The number of carbonyl (C=O) groups excluding carboxylic acids is 1. The summed E-state index contributed by atoms with van der Waals surface area (Å²) >= 11 is 0. The van der Waals surface area contributed by atoms with Crippen molar-refractivity contribution in [2.24, 2.45) is 0 Å². The van der Waals surface area contributed by atoms with Crippen LogP contribution in [0.2, 0.25) is 0 Å². The third-order valence-electron chi connectivity index (χ3n) is 5.76. The molecule has 9 heteroatoms. The van der Waals surface area contributed by atoms with Gasteiger partial charge in [-0.2, -0.15) is 0 Å². The first-order valence-electron chi connectivity index (χ1n) is 10.8. The molecule has 0 aromatic heterocycles. The van der Waals surface area contributed by atoms with Crippen LogP contribution in [0.5, 0.6) is 0 Å². The van der Waals surface area contributed by atoms with E-state index in [2.05, 4.69) is 9.62 Å². The van der Waals surface area contributed by atoms with E-state index in [1.54, 1.807) is 23.1 Å². The van der Waals surface area contributed by atoms with Gasteiger partial charge >= 0.3 is 0 Å². The number of nitrogens with zero attached hydrogens (tertiary/aromatic N) is 2. The van der Waals surface area contributed by atoms with Crippen molar-refractivity contribution in [2.45, 2.75) is 44.2 Å². The first-order chi connectivity index (χ1) is 15.2. The van der Waals surface area contributed by atoms with Crippen molar-refractivity contribution in [3.05, 3.63) is 65.2 Å². The maximum Gasteiger partial charge on any atom is 0.253 e. The molecule has 0 spiro atoms. The van der Waals surface area contributed by atoms with Crippen molar-refractivity contribution in [1.29, 1.82) is 0 Å². The van der Waals surface area contributed by atoms with Gasteiger partial charge in [0, 0.05) is 44.3 Å². The molecule has 0 atom stereocenters. The molecule has 0 bridgehead atoms. The lowest BCUT2D eigenvalue weighted by Gasteiger charge is -2.32. The maximum absolute atomic E-state index is 13.4. The van der Waals surface area contributed by atoms with Crippen LogP contribution in [0.3, 0.4) is 0 Å². The molecule has 2 aromatic rings. The fourth-order valence-corrected chi connectivity index (χ4v) is 5.17. The van der Waals surface area contributed by atoms with Gasteiger partial charge in [0.2, 0.25) is 10.0 Å². The van der Waals surface area contributed by atoms with Gasteiger partial charge in [0.25, 0.3) is 5.91 Å². The molecule has 0 saturated carbocycles. The Morgan fingerprint density at radius 3 is 2.22 bits per heavy atom. The fourth-order valence-electron chi connectivity index (χ4n) is 3.86. The summed E-state index contributed by atoms with van der Waals surface area (Å²) < 4.78 is 54.8. The molecule has 0 aliphatic carbocycles. The van der Waals surface area contributed by atoms with Crippen LogP contribution in [0.15, 0.2) is 47.4 Å². The monoisotopic (exact) mass is 465 g/mol. The molecule has 32 heavy (non-hydrogen) atoms. The predicted molar refractivity (Wildman–Crippen MR) is 119 cm³/mol. The van der Waals surface area contributed by atoms with E-state index < -0.39 is 21.7 Å². The number of nitrogens with one attached hydrogen (secondary N) is 1. The van der Waals surface area contributed by atoms with Gasteiger partial charge in [0.05, 0.1) is 4.90 Å². The smallest absolute Gasteiger partial charge is 0.253 e. The number of rotatable bonds is 8. The Kier molecular flexibility index (Phi) is 7.97. The zero-order chi connectivity index (χ0) is 23.3. The molecule has 2 aromatic carbocycles. The van der Waals surface area contributed by atoms with E-state index in [-0.39, 0.29) is 16.8 Å². The van der Waals surface area contributed by atoms with Gasteiger partial charge in [0.1, 0.15) is 0 Å². The Labute approximate surface area is 188 Å². The van der Waals surface area contributed by atoms with E-state index in [0.29, 0.717) is 56.7 Å². The molecule has 1 aliphatic heterocycles. The quantitative estimate of drug-likeness (QED) is 0.649. The van der Waals surface area contributed by atoms with Crippen molar-refractivity contribution in [3.63, 3.8) is 0 Å². The Balaban J connectivity index is 1.55. The standard InChI is InChI=1S/C23H29F2N3O3S/c1-3-28(4-2)23(29)18-6-8-20(9-7-18)32(30,31)26-19-11-13-27(14-12-19)16-17-5-10-21(24)22(25)15-17/h5-10,15,19,26H,3-4,11-14,16H2,1-2H3. The van der Waals surface area contributed by atoms with Crippen LogP contribution in [0, 0.1) is 11.6 Å². The SMILES string of the molecule is CCN(CC)C(=O)c1ccc(S(=O)(=O)NC2CCN(Cc3ccc(F)c(F)c3)CC2)cc1. The van der Waals surface area contributed by atoms with Crippen molar-refractivity contribution in [1.82, 2.24) is 14.5 Å². The largest absolute Gasteiger partial charge is 0.339 e. The van der Waals surface area contributed by atoms with Crippen LogP contribution in [0.4, 0.5) is 8.78 Å². The van der Waals surface area contributed by atoms with Crippen LogP contribution in [-0.4, -0.2) is 56.3 Å². The molecule has 1 aliphatic rings. The highest BCUT2D eigenvalue weighted by atomic mass is 32.2. The fraction of sp³-hybridized carbons (Fsp3) is 0.435. The van der Waals surface area contributed by atoms with E-state index in [4.69, 9.17) is 0 Å². The summed E-state index contributed by atoms with van der Waals surface area (Å²) in [5, 5.41) is 0. The highest BCUT2D eigenvalue weighted by Gasteiger charge is 2.25. The number of sulfonamides is 1. The first-order valence-corrected chi connectivity index (χ1v) is 12.3. The molecule has 0 radical (unpaired) electrons. The number of carbonyl (C=O) groups is 1. The van der Waals surface area contributed by atoms with Crippen LogP contribution >= 0.6 is 0 Å². The number of halogens is 2. The third kappa shape index (κ3) is 5.90. The van der Waals surface area contributed by atoms with Gasteiger partial charge < -0.3 is 4.90 Å². The van der Waals surface area contributed by atoms with Gasteiger partial charge in [-0.25, -0.2) is 21.9 Å². The molecule has 1 heterocycles. The molecule has 1 N–H and O–H groups in total. The van der Waals surface area contributed by atoms with Gasteiger partial charge in [-0.1, -0.05) is 6.07 Å². The van der Waals surface area contributed by atoms with Crippen LogP contribution < -0.4 is 4.72 Å². The summed E-state index contributed by atoms with van der Waals surface area (Å²) in [5.74, 6) is -1.86. The lowest BCUT2D eigenvalue weighted by molar-refractivity contribution is 0.0773. The first kappa shape index (κ1) is 24.3. The number of likely N-dealkylation sites (tertiary alicyclic amines) is 1. The topological polar surface area (TPSA) is 69.7 Å². The van der Waals surface area contributed by atoms with E-state index in [9.17, 15) is 22.0 Å². The number of hydrogen-bond donors (Lipinski definition) is 1. The zero-order valence-corrected chi connectivity index (χ0v) is 19.2. The number of benzene rings is 2. The van der Waals surface area contributed by atoms with Gasteiger partial charge in [0.15, 0.2) is 11.6 Å². The summed E-state index contributed by atoms with van der Waals surface area (Å²) in [7, 11) is -3.71. The average molecular weight is 466 g/mol. The van der Waals surface area contributed by atoms with Gasteiger partial charge in [-0.05, 0) is 68.7 Å². The second-order valence-corrected chi connectivity index (χ2v) is 9.64. The lowest BCUT2D eigenvalue weighted by Crippen LogP contribution is -2.44. The average Bonchev–Trinajstić information content (AvgIpc) is 2.78. The minimum absolute atomic E-state index is 0.123. The maximum atomic E-state index is 13.4. The van der Waals surface area contributed by atoms with E-state index in [1.165, 1.54) is 18.2 Å². The van der Waals surface area contributed by atoms with Crippen LogP contribution in [0.1, 0.15) is 42.6 Å². The molecule has 3 rings (SSSR count). The van der Waals surface area contributed by atoms with E-state index >= 15 is 0 Å². The number of amides is 1. The normalized spacial score (nSPS) is 15.6. The Morgan fingerprint density at radius 2 is 1.66 bits per heavy atom. The summed E-state index contributed by atoms with van der Waals surface area (Å²) in [4.78, 5) is 16.3. The third-order valence-corrected chi connectivity index (χ3v) is 7.30. The van der Waals surface area contributed by atoms with E-state index in [1.807, 2.05) is 13.8 Å². The lowest BCUT2D eigenvalue weighted by atomic mass is 10.1. The summed E-state index contributed by atoms with van der Waals surface area (Å²) in [6.07, 6.45) is 1.23. The molecule has 1 fully saturated rings. The minimum Gasteiger partial charge on any atom is -0.339 e. The molecular formula is C23H29F2N3O3S. The van der Waals surface area contributed by atoms with Gasteiger partial charge in [-0.3, -0.25) is 9.69 Å². The van der Waals surface area contributed by atoms with Crippen molar-refractivity contribution in [3.8, 4) is 0 Å². The second kappa shape index (κ2) is 10.5. The summed E-state index contributed by atoms with van der Waals surface area (Å²) in [5.41, 5.74) is 1.14. The Hall–Kier alpha value is -2.36. The molecule has 1 saturated heterocycles. The predicted octanol–water partition coefficient (Wildman–Crippen LogP) is 3.39. The highest BCUT2D eigenvalue weighted by molar-refractivity contribution is 7.89. The molecule has 1 amide bonds. The summed E-state index contributed by atoms with van der Waals surface area (Å²) in [6.45, 7) is 6.74. The highest BCUT2D eigenvalue weighted by Crippen LogP contribution is 2.19. The summed E-state index contributed by atoms with van der Waals surface area (Å²) in [6, 6.07) is 9.65.